The van der Waals surface area contributed by atoms with Crippen LogP contribution < -0.4 is 10.2 Å². The van der Waals surface area contributed by atoms with E-state index in [-0.39, 0.29) is 12.1 Å². The minimum atomic E-state index is -1.23. The van der Waals surface area contributed by atoms with E-state index in [1.165, 1.54) is 4.90 Å². The Hall–Kier alpha value is -4.47. The smallest absolute Gasteiger partial charge is 0.414 e. The van der Waals surface area contributed by atoms with Crippen molar-refractivity contribution in [2.45, 2.75) is 65.1 Å². The van der Waals surface area contributed by atoms with Gasteiger partial charge in [0.05, 0.1) is 34.2 Å². The summed E-state index contributed by atoms with van der Waals surface area (Å²) in [5.41, 5.74) is 1.83. The number of anilines is 3. The van der Waals surface area contributed by atoms with Crippen molar-refractivity contribution in [1.29, 1.82) is 10.5 Å². The van der Waals surface area contributed by atoms with Crippen LogP contribution in [0.25, 0.3) is 11.3 Å². The van der Waals surface area contributed by atoms with Crippen molar-refractivity contribution in [2.75, 3.05) is 16.8 Å². The van der Waals surface area contributed by atoms with Gasteiger partial charge >= 0.3 is 6.09 Å². The number of rotatable bonds is 4. The van der Waals surface area contributed by atoms with Crippen LogP contribution in [0.5, 0.6) is 0 Å². The number of nitrogens with zero attached hydrogens (tertiary/aromatic N) is 5. The molecule has 1 amide bonds. The number of nitriles is 2. The van der Waals surface area contributed by atoms with Gasteiger partial charge < -0.3 is 15.2 Å². The minimum Gasteiger partial charge on any atom is -0.443 e. The third kappa shape index (κ3) is 5.27. The largest absolute Gasteiger partial charge is 0.443 e. The van der Waals surface area contributed by atoms with Crippen molar-refractivity contribution >= 4 is 23.4 Å². The van der Waals surface area contributed by atoms with Gasteiger partial charge in [0.15, 0.2) is 0 Å². The topological polar surface area (TPSA) is 135 Å². The molecular weight excluding hydrogens is 492 g/mol. The highest BCUT2D eigenvalue weighted by Crippen LogP contribution is 2.50. The Morgan fingerprint density at radius 2 is 1.85 bits per heavy atom. The quantitative estimate of drug-likeness (QED) is 0.442. The van der Waals surface area contributed by atoms with Gasteiger partial charge in [0, 0.05) is 29.4 Å². The average Bonchev–Trinajstić information content (AvgIpc) is 3.18. The van der Waals surface area contributed by atoms with E-state index in [2.05, 4.69) is 27.4 Å². The van der Waals surface area contributed by atoms with E-state index in [1.54, 1.807) is 65.1 Å². The summed E-state index contributed by atoms with van der Waals surface area (Å²) in [5, 5.41) is 33.8. The summed E-state index contributed by atoms with van der Waals surface area (Å²) in [6.45, 7) is 12.7. The van der Waals surface area contributed by atoms with Crippen molar-refractivity contribution < 1.29 is 14.6 Å². The molecule has 1 unspecified atom stereocenters. The predicted octanol–water partition coefficient (Wildman–Crippen LogP) is 5.72. The molecule has 2 heterocycles. The number of nitrogens with one attached hydrogen (secondary N) is 1. The molecule has 0 saturated carbocycles. The first-order valence-corrected chi connectivity index (χ1v) is 12.6. The summed E-state index contributed by atoms with van der Waals surface area (Å²) in [5.74, 6) is 0.324. The Morgan fingerprint density at radius 1 is 1.13 bits per heavy atom. The Bertz CT molecular complexity index is 1540. The summed E-state index contributed by atoms with van der Waals surface area (Å²) in [6, 6.07) is 15.0. The monoisotopic (exact) mass is 524 g/mol. The van der Waals surface area contributed by atoms with Gasteiger partial charge in [-0.25, -0.2) is 14.8 Å². The highest BCUT2D eigenvalue weighted by Gasteiger charge is 2.52. The molecule has 39 heavy (non-hydrogen) atoms. The number of aryl methyl sites for hydroxylation is 1. The van der Waals surface area contributed by atoms with E-state index in [0.29, 0.717) is 39.7 Å². The maximum atomic E-state index is 13.2. The molecule has 200 valence electrons. The Balaban J connectivity index is 1.82. The van der Waals surface area contributed by atoms with E-state index in [4.69, 9.17) is 4.74 Å². The standard InChI is InChI=1S/C30H32N6O3/c1-18-8-9-19(15-31)12-24(18)35-26-33-11-10-23(34-26)20-13-21(16-32)25-22(14-20)30(7,29(5,6)38)17-36(25)27(37)39-28(2,3)4/h8-14,38H,17H2,1-7H3,(H,33,34,35). The first kappa shape index (κ1) is 27.6. The number of hydrogen-bond donors (Lipinski definition) is 2. The third-order valence-corrected chi connectivity index (χ3v) is 7.10. The number of ether oxygens (including phenoxy) is 1. The van der Waals surface area contributed by atoms with E-state index in [0.717, 1.165) is 5.56 Å². The number of amides is 1. The number of aromatic nitrogens is 2. The van der Waals surface area contributed by atoms with Gasteiger partial charge in [0.1, 0.15) is 11.7 Å². The molecule has 0 saturated heterocycles. The van der Waals surface area contributed by atoms with E-state index < -0.39 is 22.7 Å². The molecule has 0 spiro atoms. The van der Waals surface area contributed by atoms with Gasteiger partial charge in [0.2, 0.25) is 5.95 Å². The maximum absolute atomic E-state index is 13.2. The van der Waals surface area contributed by atoms with Gasteiger partial charge in [-0.2, -0.15) is 10.5 Å². The molecule has 0 radical (unpaired) electrons. The summed E-state index contributed by atoms with van der Waals surface area (Å²) in [4.78, 5) is 23.7. The predicted molar refractivity (Wildman–Crippen MR) is 149 cm³/mol. The molecule has 2 aromatic carbocycles. The molecule has 4 rings (SSSR count). The molecule has 1 aromatic heterocycles. The van der Waals surface area contributed by atoms with Gasteiger partial charge in [0.25, 0.3) is 0 Å². The van der Waals surface area contributed by atoms with Crippen LogP contribution in [-0.2, 0) is 10.2 Å². The number of hydrogen-bond acceptors (Lipinski definition) is 8. The van der Waals surface area contributed by atoms with Crippen LogP contribution >= 0.6 is 0 Å². The molecular formula is C30H32N6O3. The summed E-state index contributed by atoms with van der Waals surface area (Å²) >= 11 is 0. The first-order valence-electron chi connectivity index (χ1n) is 12.6. The Morgan fingerprint density at radius 3 is 2.46 bits per heavy atom. The summed E-state index contributed by atoms with van der Waals surface area (Å²) in [6.07, 6.45) is 1.03. The second kappa shape index (κ2) is 9.68. The van der Waals surface area contributed by atoms with Gasteiger partial charge in [-0.1, -0.05) is 13.0 Å². The first-order chi connectivity index (χ1) is 18.2. The zero-order chi connectivity index (χ0) is 28.8. The van der Waals surface area contributed by atoms with Crippen LogP contribution in [0.2, 0.25) is 0 Å². The van der Waals surface area contributed by atoms with Crippen LogP contribution in [0, 0.1) is 29.6 Å². The lowest BCUT2D eigenvalue weighted by Crippen LogP contribution is -2.49. The number of fused-ring (bicyclic) bond motifs is 1. The molecule has 2 N–H and O–H groups in total. The van der Waals surface area contributed by atoms with Crippen molar-refractivity contribution in [3.05, 3.63) is 64.8 Å². The number of carbonyl (C=O) groups is 1. The van der Waals surface area contributed by atoms with Crippen LogP contribution in [0.3, 0.4) is 0 Å². The maximum Gasteiger partial charge on any atom is 0.414 e. The lowest BCUT2D eigenvalue weighted by atomic mass is 9.71. The fourth-order valence-corrected chi connectivity index (χ4v) is 4.58. The number of carbonyl (C=O) groups excluding carboxylic acids is 1. The van der Waals surface area contributed by atoms with Gasteiger partial charge in [-0.05, 0) is 83.0 Å². The minimum absolute atomic E-state index is 0.143. The van der Waals surface area contributed by atoms with Crippen molar-refractivity contribution in [2.24, 2.45) is 0 Å². The highest BCUT2D eigenvalue weighted by atomic mass is 16.6. The molecule has 3 aromatic rings. The zero-order valence-corrected chi connectivity index (χ0v) is 23.2. The van der Waals surface area contributed by atoms with Crippen molar-refractivity contribution in [3.63, 3.8) is 0 Å². The molecule has 9 nitrogen and oxygen atoms in total. The van der Waals surface area contributed by atoms with E-state index in [9.17, 15) is 20.4 Å². The molecule has 1 aliphatic heterocycles. The molecule has 9 heteroatoms. The highest BCUT2D eigenvalue weighted by molar-refractivity contribution is 5.95. The normalized spacial score (nSPS) is 16.7. The van der Waals surface area contributed by atoms with Gasteiger partial charge in [-0.3, -0.25) is 4.90 Å². The van der Waals surface area contributed by atoms with Crippen LogP contribution in [0.4, 0.5) is 22.1 Å². The van der Waals surface area contributed by atoms with Crippen LogP contribution in [-0.4, -0.2) is 38.9 Å². The molecule has 1 atom stereocenters. The second-order valence-electron chi connectivity index (χ2n) is 11.5. The summed E-state index contributed by atoms with van der Waals surface area (Å²) < 4.78 is 5.64. The van der Waals surface area contributed by atoms with E-state index >= 15 is 0 Å². The third-order valence-electron chi connectivity index (χ3n) is 7.10. The van der Waals surface area contributed by atoms with Crippen molar-refractivity contribution in [1.82, 2.24) is 9.97 Å². The molecule has 0 aliphatic carbocycles. The Kier molecular flexibility index (Phi) is 6.84. The average molecular weight is 525 g/mol. The Labute approximate surface area is 228 Å². The number of aliphatic hydroxyl groups is 1. The lowest BCUT2D eigenvalue weighted by Gasteiger charge is -2.38. The fraction of sp³-hybridized carbons (Fsp3) is 0.367. The van der Waals surface area contributed by atoms with Crippen molar-refractivity contribution in [3.8, 4) is 23.4 Å². The molecule has 1 aliphatic rings. The number of benzene rings is 2. The second-order valence-corrected chi connectivity index (χ2v) is 11.5. The fourth-order valence-electron chi connectivity index (χ4n) is 4.58. The summed E-state index contributed by atoms with van der Waals surface area (Å²) in [7, 11) is 0. The van der Waals surface area contributed by atoms with E-state index in [1.807, 2.05) is 26.0 Å². The molecule has 0 fully saturated rings. The SMILES string of the molecule is Cc1ccc(C#N)cc1Nc1nccc(-c2cc(C#N)c3c(c2)C(C)(C(C)(C)O)CN3C(=O)OC(C)(C)C)n1. The van der Waals surface area contributed by atoms with Crippen LogP contribution in [0.15, 0.2) is 42.6 Å². The van der Waals surface area contributed by atoms with Gasteiger partial charge in [-0.15, -0.1) is 0 Å². The molecule has 0 bridgehead atoms. The zero-order valence-electron chi connectivity index (χ0n) is 23.2. The lowest BCUT2D eigenvalue weighted by molar-refractivity contribution is 0.00709. The van der Waals surface area contributed by atoms with Crippen LogP contribution in [0.1, 0.15) is 63.8 Å².